The van der Waals surface area contributed by atoms with Gasteiger partial charge in [-0.05, 0) is 59.2 Å². The van der Waals surface area contributed by atoms with Crippen molar-refractivity contribution in [2.24, 2.45) is 11.8 Å². The summed E-state index contributed by atoms with van der Waals surface area (Å²) >= 11 is 5.38. The molecule has 18 heavy (non-hydrogen) atoms. The first kappa shape index (κ1) is 14.5. The fourth-order valence-corrected chi connectivity index (χ4v) is 4.39. The summed E-state index contributed by atoms with van der Waals surface area (Å²) in [4.78, 5) is 1.48. The largest absolute Gasteiger partial charge is 0.314 e. The van der Waals surface area contributed by atoms with Gasteiger partial charge in [0.15, 0.2) is 0 Å². The highest BCUT2D eigenvalue weighted by molar-refractivity contribution is 9.11. The minimum atomic E-state index is 0.759. The average molecular weight is 330 g/mol. The number of hydrogen-bond donors (Lipinski definition) is 1. The van der Waals surface area contributed by atoms with Crippen LogP contribution in [0.15, 0.2) is 15.9 Å². The third kappa shape index (κ3) is 4.36. The maximum Gasteiger partial charge on any atom is 0.0701 e. The van der Waals surface area contributed by atoms with Crippen LogP contribution >= 0.6 is 27.3 Å². The molecule has 3 heteroatoms. The van der Waals surface area contributed by atoms with Crippen LogP contribution in [0, 0.1) is 11.8 Å². The summed E-state index contributed by atoms with van der Waals surface area (Å²) in [6.07, 6.45) is 6.76. The first-order valence-corrected chi connectivity index (χ1v) is 8.73. The molecule has 0 aliphatic heterocycles. The highest BCUT2D eigenvalue weighted by atomic mass is 79.9. The lowest BCUT2D eigenvalue weighted by molar-refractivity contribution is 0.232. The van der Waals surface area contributed by atoms with Crippen LogP contribution in [0.3, 0.4) is 0 Å². The van der Waals surface area contributed by atoms with E-state index in [9.17, 15) is 0 Å². The van der Waals surface area contributed by atoms with E-state index in [1.165, 1.54) is 40.8 Å². The van der Waals surface area contributed by atoms with E-state index in [1.54, 1.807) is 0 Å². The standard InChI is InChI=1S/C15H24BrNS/c1-11(2)12-4-3-5-13(10-12)17-9-8-14-6-7-15(16)18-14/h6-7,11-13,17H,3-5,8-10H2,1-2H3. The summed E-state index contributed by atoms with van der Waals surface area (Å²) in [7, 11) is 0. The Kier molecular flexibility index (Phi) is 5.71. The van der Waals surface area contributed by atoms with E-state index >= 15 is 0 Å². The van der Waals surface area contributed by atoms with Crippen LogP contribution in [0.2, 0.25) is 0 Å². The molecular formula is C15H24BrNS. The molecule has 0 aromatic carbocycles. The number of rotatable bonds is 5. The van der Waals surface area contributed by atoms with Gasteiger partial charge in [-0.25, -0.2) is 0 Å². The molecule has 1 aliphatic carbocycles. The van der Waals surface area contributed by atoms with E-state index < -0.39 is 0 Å². The van der Waals surface area contributed by atoms with Crippen LogP contribution < -0.4 is 5.32 Å². The monoisotopic (exact) mass is 329 g/mol. The zero-order valence-corrected chi connectivity index (χ0v) is 13.8. The average Bonchev–Trinajstić information content (AvgIpc) is 2.75. The third-order valence-corrected chi connectivity index (χ3v) is 5.77. The lowest BCUT2D eigenvalue weighted by Gasteiger charge is -2.32. The topological polar surface area (TPSA) is 12.0 Å². The molecule has 1 N–H and O–H groups in total. The Hall–Kier alpha value is 0.140. The van der Waals surface area contributed by atoms with Gasteiger partial charge in [-0.15, -0.1) is 11.3 Å². The van der Waals surface area contributed by atoms with Gasteiger partial charge < -0.3 is 5.32 Å². The zero-order valence-electron chi connectivity index (χ0n) is 11.4. The molecule has 102 valence electrons. The second-order valence-electron chi connectivity index (χ2n) is 5.78. The molecular weight excluding hydrogens is 306 g/mol. The summed E-state index contributed by atoms with van der Waals surface area (Å²) in [5.41, 5.74) is 0. The molecule has 2 unspecified atom stereocenters. The van der Waals surface area contributed by atoms with Crippen molar-refractivity contribution in [3.63, 3.8) is 0 Å². The van der Waals surface area contributed by atoms with Gasteiger partial charge in [0.25, 0.3) is 0 Å². The Morgan fingerprint density at radius 1 is 1.39 bits per heavy atom. The molecule has 1 saturated carbocycles. The Labute approximate surface area is 123 Å². The van der Waals surface area contributed by atoms with Gasteiger partial charge in [0.1, 0.15) is 0 Å². The molecule has 0 amide bonds. The highest BCUT2D eigenvalue weighted by Crippen LogP contribution is 2.30. The van der Waals surface area contributed by atoms with Gasteiger partial charge in [-0.1, -0.05) is 26.7 Å². The maximum atomic E-state index is 3.76. The molecule has 1 heterocycles. The normalized spacial score (nSPS) is 24.7. The van der Waals surface area contributed by atoms with Gasteiger partial charge in [-0.2, -0.15) is 0 Å². The quantitative estimate of drug-likeness (QED) is 0.813. The second-order valence-corrected chi connectivity index (χ2v) is 8.33. The molecule has 1 nitrogen and oxygen atoms in total. The number of thiophene rings is 1. The minimum Gasteiger partial charge on any atom is -0.314 e. The Morgan fingerprint density at radius 2 is 2.22 bits per heavy atom. The number of halogens is 1. The molecule has 1 aliphatic rings. The molecule has 2 rings (SSSR count). The summed E-state index contributed by atoms with van der Waals surface area (Å²) in [5, 5.41) is 3.76. The summed E-state index contributed by atoms with van der Waals surface area (Å²) in [5.74, 6) is 1.79. The fraction of sp³-hybridized carbons (Fsp3) is 0.733. The van der Waals surface area contributed by atoms with Gasteiger partial charge >= 0.3 is 0 Å². The van der Waals surface area contributed by atoms with E-state index in [0.717, 1.165) is 24.4 Å². The summed E-state index contributed by atoms with van der Waals surface area (Å²) in [6.45, 7) is 5.87. The zero-order chi connectivity index (χ0) is 13.0. The molecule has 0 bridgehead atoms. The van der Waals surface area contributed by atoms with Crippen molar-refractivity contribution < 1.29 is 0 Å². The predicted octanol–water partition coefficient (Wildman–Crippen LogP) is 4.86. The van der Waals surface area contributed by atoms with Crippen LogP contribution in [0.25, 0.3) is 0 Å². The van der Waals surface area contributed by atoms with Gasteiger partial charge in [0, 0.05) is 17.5 Å². The summed E-state index contributed by atoms with van der Waals surface area (Å²) < 4.78 is 1.25. The van der Waals surface area contributed by atoms with Gasteiger partial charge in [-0.3, -0.25) is 0 Å². The van der Waals surface area contributed by atoms with Crippen molar-refractivity contribution in [2.75, 3.05) is 6.54 Å². The SMILES string of the molecule is CC(C)C1CCCC(NCCc2ccc(Br)s2)C1. The smallest absolute Gasteiger partial charge is 0.0701 e. The van der Waals surface area contributed by atoms with Crippen LogP contribution in [-0.4, -0.2) is 12.6 Å². The summed E-state index contributed by atoms with van der Waals surface area (Å²) in [6, 6.07) is 5.14. The van der Waals surface area contributed by atoms with Crippen molar-refractivity contribution in [1.82, 2.24) is 5.32 Å². The van der Waals surface area contributed by atoms with Gasteiger partial charge in [0.2, 0.25) is 0 Å². The van der Waals surface area contributed by atoms with E-state index in [0.29, 0.717) is 0 Å². The molecule has 1 aromatic heterocycles. The Balaban J connectivity index is 1.70. The molecule has 0 radical (unpaired) electrons. The Bertz CT molecular complexity index is 361. The minimum absolute atomic E-state index is 0.759. The van der Waals surface area contributed by atoms with Crippen molar-refractivity contribution in [2.45, 2.75) is 52.0 Å². The van der Waals surface area contributed by atoms with E-state index in [-0.39, 0.29) is 0 Å². The van der Waals surface area contributed by atoms with Crippen LogP contribution in [0.1, 0.15) is 44.4 Å². The lowest BCUT2D eigenvalue weighted by Crippen LogP contribution is -2.36. The molecule has 2 atom stereocenters. The van der Waals surface area contributed by atoms with Crippen molar-refractivity contribution >= 4 is 27.3 Å². The highest BCUT2D eigenvalue weighted by Gasteiger charge is 2.23. The lowest BCUT2D eigenvalue weighted by atomic mass is 9.79. The molecule has 0 saturated heterocycles. The van der Waals surface area contributed by atoms with Crippen LogP contribution in [-0.2, 0) is 6.42 Å². The van der Waals surface area contributed by atoms with E-state index in [2.05, 4.69) is 47.2 Å². The molecule has 0 spiro atoms. The Morgan fingerprint density at radius 3 is 2.89 bits per heavy atom. The first-order valence-electron chi connectivity index (χ1n) is 7.12. The van der Waals surface area contributed by atoms with Crippen molar-refractivity contribution in [1.29, 1.82) is 0 Å². The van der Waals surface area contributed by atoms with Gasteiger partial charge in [0.05, 0.1) is 3.79 Å². The van der Waals surface area contributed by atoms with Crippen molar-refractivity contribution in [3.8, 4) is 0 Å². The maximum absolute atomic E-state index is 3.76. The van der Waals surface area contributed by atoms with E-state index in [1.807, 2.05) is 11.3 Å². The number of nitrogens with one attached hydrogen (secondary N) is 1. The molecule has 1 aromatic rings. The molecule has 1 fully saturated rings. The van der Waals surface area contributed by atoms with Crippen LogP contribution in [0.4, 0.5) is 0 Å². The number of hydrogen-bond acceptors (Lipinski definition) is 2. The second kappa shape index (κ2) is 7.06. The van der Waals surface area contributed by atoms with E-state index in [4.69, 9.17) is 0 Å². The first-order chi connectivity index (χ1) is 8.65. The van der Waals surface area contributed by atoms with Crippen LogP contribution in [0.5, 0.6) is 0 Å². The fourth-order valence-electron chi connectivity index (χ4n) is 2.90. The van der Waals surface area contributed by atoms with Crippen molar-refractivity contribution in [3.05, 3.63) is 20.8 Å². The third-order valence-electron chi connectivity index (χ3n) is 4.09. The predicted molar refractivity (Wildman–Crippen MR) is 84.3 cm³/mol.